The zero-order valence-electron chi connectivity index (χ0n) is 8.69. The molecule has 1 aliphatic rings. The first kappa shape index (κ1) is 10.6. The summed E-state index contributed by atoms with van der Waals surface area (Å²) in [5, 5.41) is 21.0. The van der Waals surface area contributed by atoms with E-state index >= 15 is 0 Å². The minimum atomic E-state index is -0.639. The van der Waals surface area contributed by atoms with Crippen LogP contribution in [0.15, 0.2) is 24.3 Å². The van der Waals surface area contributed by atoms with Gasteiger partial charge in [0.2, 0.25) is 0 Å². The number of benzene rings is 1. The minimum Gasteiger partial charge on any atom is -0.394 e. The fourth-order valence-corrected chi connectivity index (χ4v) is 2.03. The van der Waals surface area contributed by atoms with Crippen molar-refractivity contribution in [3.05, 3.63) is 35.4 Å². The average molecular weight is 207 g/mol. The summed E-state index contributed by atoms with van der Waals surface area (Å²) in [5.41, 5.74) is 2.86. The second-order valence-corrected chi connectivity index (χ2v) is 4.09. The maximum Gasteiger partial charge on any atom is 0.0894 e. The Labute approximate surface area is 89.8 Å². The molecular weight excluding hydrogens is 190 g/mol. The Bertz CT molecular complexity index is 327. The van der Waals surface area contributed by atoms with Gasteiger partial charge in [-0.3, -0.25) is 0 Å². The molecule has 0 bridgehead atoms. The van der Waals surface area contributed by atoms with Crippen molar-refractivity contribution in [2.45, 2.75) is 18.4 Å². The van der Waals surface area contributed by atoms with Crippen molar-refractivity contribution in [2.24, 2.45) is 0 Å². The van der Waals surface area contributed by atoms with Crippen molar-refractivity contribution in [2.75, 3.05) is 19.7 Å². The molecule has 1 unspecified atom stereocenters. The highest BCUT2D eigenvalue weighted by molar-refractivity contribution is 5.40. The summed E-state index contributed by atoms with van der Waals surface area (Å²) in [4.78, 5) is 0. The number of fused-ring (bicyclic) bond motifs is 1. The van der Waals surface area contributed by atoms with Gasteiger partial charge in [-0.1, -0.05) is 24.3 Å². The number of nitrogens with one attached hydrogen (secondary N) is 1. The molecule has 0 spiro atoms. The predicted octanol–water partition coefficient (Wildman–Crippen LogP) is 0.269. The third-order valence-corrected chi connectivity index (χ3v) is 2.94. The van der Waals surface area contributed by atoms with Crippen LogP contribution in [0.2, 0.25) is 0 Å². The fraction of sp³-hybridized carbons (Fsp3) is 0.500. The van der Waals surface area contributed by atoms with Gasteiger partial charge < -0.3 is 15.5 Å². The standard InChI is InChI=1S/C12H17NO2/c14-8-11(15)7-13-6-10-5-9-3-1-2-4-12(9)10/h1-4,10-11,13-15H,5-8H2/t10?,11-/m0/s1. The molecule has 0 heterocycles. The first-order valence-corrected chi connectivity index (χ1v) is 5.38. The third-order valence-electron chi connectivity index (χ3n) is 2.94. The van der Waals surface area contributed by atoms with Crippen LogP contribution in [0.1, 0.15) is 17.0 Å². The Hall–Kier alpha value is -0.900. The van der Waals surface area contributed by atoms with Gasteiger partial charge in [-0.25, -0.2) is 0 Å². The smallest absolute Gasteiger partial charge is 0.0894 e. The Morgan fingerprint density at radius 2 is 2.20 bits per heavy atom. The number of aliphatic hydroxyl groups is 2. The number of hydrogen-bond acceptors (Lipinski definition) is 3. The lowest BCUT2D eigenvalue weighted by molar-refractivity contribution is 0.0941. The Morgan fingerprint density at radius 1 is 1.40 bits per heavy atom. The molecule has 3 N–H and O–H groups in total. The van der Waals surface area contributed by atoms with Crippen LogP contribution in [-0.4, -0.2) is 36.0 Å². The van der Waals surface area contributed by atoms with Crippen LogP contribution >= 0.6 is 0 Å². The molecule has 1 aromatic rings. The molecule has 82 valence electrons. The zero-order valence-corrected chi connectivity index (χ0v) is 8.69. The summed E-state index contributed by atoms with van der Waals surface area (Å²) in [6.07, 6.45) is 0.485. The summed E-state index contributed by atoms with van der Waals surface area (Å²) in [7, 11) is 0. The number of hydrogen-bond donors (Lipinski definition) is 3. The highest BCUT2D eigenvalue weighted by Crippen LogP contribution is 2.33. The Balaban J connectivity index is 1.75. The summed E-state index contributed by atoms with van der Waals surface area (Å²) >= 11 is 0. The molecule has 0 amide bonds. The molecule has 0 aromatic heterocycles. The van der Waals surface area contributed by atoms with Crippen LogP contribution in [0, 0.1) is 0 Å². The normalized spacial score (nSPS) is 20.5. The molecule has 0 fully saturated rings. The van der Waals surface area contributed by atoms with Crippen LogP contribution in [0.25, 0.3) is 0 Å². The van der Waals surface area contributed by atoms with E-state index < -0.39 is 6.10 Å². The Morgan fingerprint density at radius 3 is 2.93 bits per heavy atom. The van der Waals surface area contributed by atoms with Gasteiger partial charge >= 0.3 is 0 Å². The SMILES string of the molecule is OC[C@@H](O)CNCC1Cc2ccccc21. The first-order valence-electron chi connectivity index (χ1n) is 5.38. The lowest BCUT2D eigenvalue weighted by Crippen LogP contribution is -2.35. The first-order chi connectivity index (χ1) is 7.31. The number of rotatable bonds is 5. The maximum atomic E-state index is 9.14. The minimum absolute atomic E-state index is 0.172. The molecule has 0 saturated heterocycles. The molecular formula is C12H17NO2. The van der Waals surface area contributed by atoms with E-state index in [9.17, 15) is 0 Å². The molecule has 0 radical (unpaired) electrons. The summed E-state index contributed by atoms with van der Waals surface area (Å²) in [5.74, 6) is 0.576. The van der Waals surface area contributed by atoms with Crippen LogP contribution in [0.3, 0.4) is 0 Å². The highest BCUT2D eigenvalue weighted by Gasteiger charge is 2.24. The molecule has 15 heavy (non-hydrogen) atoms. The molecule has 2 atom stereocenters. The molecule has 1 aliphatic carbocycles. The summed E-state index contributed by atoms with van der Waals surface area (Å²) < 4.78 is 0. The molecule has 3 heteroatoms. The van der Waals surface area contributed by atoms with Crippen LogP contribution in [0.5, 0.6) is 0 Å². The predicted molar refractivity (Wildman–Crippen MR) is 58.8 cm³/mol. The van der Waals surface area contributed by atoms with E-state index in [1.165, 1.54) is 11.1 Å². The van der Waals surface area contributed by atoms with Gasteiger partial charge in [-0.2, -0.15) is 0 Å². The van der Waals surface area contributed by atoms with Crippen LogP contribution in [-0.2, 0) is 6.42 Å². The Kier molecular flexibility index (Phi) is 3.36. The van der Waals surface area contributed by atoms with Gasteiger partial charge in [-0.05, 0) is 17.5 Å². The van der Waals surface area contributed by atoms with E-state index in [0.29, 0.717) is 12.5 Å². The summed E-state index contributed by atoms with van der Waals surface area (Å²) in [6.45, 7) is 1.18. The lowest BCUT2D eigenvalue weighted by Gasteiger charge is -2.30. The van der Waals surface area contributed by atoms with Crippen molar-refractivity contribution in [3.8, 4) is 0 Å². The molecule has 0 aliphatic heterocycles. The van der Waals surface area contributed by atoms with Gasteiger partial charge in [0.15, 0.2) is 0 Å². The average Bonchev–Trinajstić information content (AvgIpc) is 2.24. The highest BCUT2D eigenvalue weighted by atomic mass is 16.3. The molecule has 0 saturated carbocycles. The van der Waals surface area contributed by atoms with Crippen molar-refractivity contribution in [1.29, 1.82) is 0 Å². The van der Waals surface area contributed by atoms with E-state index in [1.54, 1.807) is 0 Å². The second kappa shape index (κ2) is 4.75. The quantitative estimate of drug-likeness (QED) is 0.649. The van der Waals surface area contributed by atoms with Gasteiger partial charge in [0.05, 0.1) is 12.7 Å². The van der Waals surface area contributed by atoms with E-state index in [-0.39, 0.29) is 6.61 Å². The molecule has 1 aromatic carbocycles. The van der Waals surface area contributed by atoms with Gasteiger partial charge in [0, 0.05) is 19.0 Å². The molecule has 3 nitrogen and oxygen atoms in total. The van der Waals surface area contributed by atoms with Crippen molar-refractivity contribution >= 4 is 0 Å². The molecule has 2 rings (SSSR count). The van der Waals surface area contributed by atoms with Gasteiger partial charge in [0.1, 0.15) is 0 Å². The lowest BCUT2D eigenvalue weighted by atomic mass is 9.77. The number of aliphatic hydroxyl groups excluding tert-OH is 2. The third kappa shape index (κ3) is 2.37. The fourth-order valence-electron chi connectivity index (χ4n) is 2.03. The van der Waals surface area contributed by atoms with Crippen molar-refractivity contribution < 1.29 is 10.2 Å². The van der Waals surface area contributed by atoms with E-state index in [4.69, 9.17) is 10.2 Å². The topological polar surface area (TPSA) is 52.5 Å². The monoisotopic (exact) mass is 207 g/mol. The van der Waals surface area contributed by atoms with Crippen LogP contribution < -0.4 is 5.32 Å². The largest absolute Gasteiger partial charge is 0.394 e. The van der Waals surface area contributed by atoms with E-state index in [1.807, 2.05) is 0 Å². The maximum absolute atomic E-state index is 9.14. The second-order valence-electron chi connectivity index (χ2n) is 4.09. The van der Waals surface area contributed by atoms with E-state index in [0.717, 1.165) is 13.0 Å². The van der Waals surface area contributed by atoms with E-state index in [2.05, 4.69) is 29.6 Å². The van der Waals surface area contributed by atoms with Crippen LogP contribution in [0.4, 0.5) is 0 Å². The van der Waals surface area contributed by atoms with Gasteiger partial charge in [0.25, 0.3) is 0 Å². The van der Waals surface area contributed by atoms with Crippen molar-refractivity contribution in [3.63, 3.8) is 0 Å². The van der Waals surface area contributed by atoms with Crippen molar-refractivity contribution in [1.82, 2.24) is 5.32 Å². The van der Waals surface area contributed by atoms with Gasteiger partial charge in [-0.15, -0.1) is 0 Å². The summed E-state index contributed by atoms with van der Waals surface area (Å²) in [6, 6.07) is 8.45. The zero-order chi connectivity index (χ0) is 10.7.